The highest BCUT2D eigenvalue weighted by atomic mass is 16.5. The Balaban J connectivity index is 0.000000671. The molecule has 3 rings (SSSR count). The van der Waals surface area contributed by atoms with Crippen LogP contribution in [-0.4, -0.2) is 18.5 Å². The first-order valence-corrected chi connectivity index (χ1v) is 8.63. The lowest BCUT2D eigenvalue weighted by atomic mass is 9.98. The van der Waals surface area contributed by atoms with Crippen LogP contribution in [0.1, 0.15) is 61.4 Å². The van der Waals surface area contributed by atoms with Crippen molar-refractivity contribution in [2.75, 3.05) is 7.11 Å². The zero-order chi connectivity index (χ0) is 17.8. The molecule has 2 aromatic rings. The van der Waals surface area contributed by atoms with Crippen molar-refractivity contribution in [3.05, 3.63) is 59.7 Å². The van der Waals surface area contributed by atoms with E-state index in [0.29, 0.717) is 5.56 Å². The molecule has 2 aromatic carbocycles. The van der Waals surface area contributed by atoms with E-state index in [4.69, 9.17) is 9.84 Å². The van der Waals surface area contributed by atoms with Crippen molar-refractivity contribution in [2.45, 2.75) is 45.4 Å². The van der Waals surface area contributed by atoms with Crippen LogP contribution in [0, 0.1) is 0 Å². The smallest absolute Gasteiger partial charge is 0.150 e. The van der Waals surface area contributed by atoms with Gasteiger partial charge in [0, 0.05) is 12.7 Å². The minimum atomic E-state index is 0.661. The molecule has 0 saturated heterocycles. The molecule has 0 amide bonds. The number of carbonyl (C=O) groups excluding carboxylic acids is 1. The SMILES string of the molecule is CC.CO.O=Cc1ccc(Oc2ccc(C3CCCC3)cc2)cc1. The molecule has 1 fully saturated rings. The molecule has 1 aliphatic carbocycles. The fraction of sp³-hybridized carbons (Fsp3) is 0.381. The standard InChI is InChI=1S/C18H18O2.C2H6.CH4O/c19-13-14-5-9-17(10-6-14)20-18-11-7-16(8-12-18)15-3-1-2-4-15;2*1-2/h5-13,15H,1-4H2;1-2H3;2H,1H3. The number of benzene rings is 2. The summed E-state index contributed by atoms with van der Waals surface area (Å²) >= 11 is 0. The molecule has 130 valence electrons. The van der Waals surface area contributed by atoms with E-state index in [1.807, 2.05) is 38.1 Å². The van der Waals surface area contributed by atoms with Gasteiger partial charge in [-0.05, 0) is 60.7 Å². The Kier molecular flexibility index (Phi) is 9.47. The molecule has 3 heteroatoms. The van der Waals surface area contributed by atoms with Gasteiger partial charge >= 0.3 is 0 Å². The third-order valence-electron chi connectivity index (χ3n) is 3.96. The van der Waals surface area contributed by atoms with Crippen LogP contribution < -0.4 is 4.74 Å². The molecular weight excluding hydrogens is 300 g/mol. The minimum Gasteiger partial charge on any atom is -0.457 e. The van der Waals surface area contributed by atoms with Crippen LogP contribution in [0.15, 0.2) is 48.5 Å². The van der Waals surface area contributed by atoms with Gasteiger partial charge in [-0.25, -0.2) is 0 Å². The summed E-state index contributed by atoms with van der Waals surface area (Å²) in [4.78, 5) is 10.6. The van der Waals surface area contributed by atoms with Gasteiger partial charge in [0.15, 0.2) is 0 Å². The fourth-order valence-electron chi connectivity index (χ4n) is 2.82. The second-order valence-corrected chi connectivity index (χ2v) is 5.34. The van der Waals surface area contributed by atoms with E-state index >= 15 is 0 Å². The van der Waals surface area contributed by atoms with E-state index in [2.05, 4.69) is 12.1 Å². The molecule has 0 bridgehead atoms. The van der Waals surface area contributed by atoms with Crippen molar-refractivity contribution >= 4 is 6.29 Å². The van der Waals surface area contributed by atoms with Gasteiger partial charge in [-0.15, -0.1) is 0 Å². The van der Waals surface area contributed by atoms with Crippen LogP contribution in [0.25, 0.3) is 0 Å². The second-order valence-electron chi connectivity index (χ2n) is 5.34. The summed E-state index contributed by atoms with van der Waals surface area (Å²) in [5.74, 6) is 2.32. The second kappa shape index (κ2) is 11.4. The van der Waals surface area contributed by atoms with Gasteiger partial charge in [0.2, 0.25) is 0 Å². The zero-order valence-corrected chi connectivity index (χ0v) is 14.9. The maximum atomic E-state index is 10.6. The van der Waals surface area contributed by atoms with Gasteiger partial charge in [0.1, 0.15) is 17.8 Å². The average Bonchev–Trinajstić information content (AvgIpc) is 3.21. The number of ether oxygens (including phenoxy) is 1. The largest absolute Gasteiger partial charge is 0.457 e. The first kappa shape index (κ1) is 19.9. The van der Waals surface area contributed by atoms with Gasteiger partial charge in [-0.1, -0.05) is 38.8 Å². The predicted octanol–water partition coefficient (Wildman–Crippen LogP) is 5.58. The maximum Gasteiger partial charge on any atom is 0.150 e. The lowest BCUT2D eigenvalue weighted by Gasteiger charge is -2.11. The van der Waals surface area contributed by atoms with E-state index < -0.39 is 0 Å². The van der Waals surface area contributed by atoms with Crippen LogP contribution in [0.4, 0.5) is 0 Å². The Morgan fingerprint density at radius 1 is 0.875 bits per heavy atom. The average molecular weight is 328 g/mol. The first-order chi connectivity index (χ1) is 11.8. The van der Waals surface area contributed by atoms with E-state index in [1.54, 1.807) is 12.1 Å². The van der Waals surface area contributed by atoms with Crippen molar-refractivity contribution in [1.82, 2.24) is 0 Å². The number of hydrogen-bond acceptors (Lipinski definition) is 3. The monoisotopic (exact) mass is 328 g/mol. The molecule has 3 nitrogen and oxygen atoms in total. The molecule has 0 spiro atoms. The molecule has 0 radical (unpaired) electrons. The van der Waals surface area contributed by atoms with E-state index in [1.165, 1.54) is 31.2 Å². The lowest BCUT2D eigenvalue weighted by molar-refractivity contribution is 0.112. The van der Waals surface area contributed by atoms with Gasteiger partial charge in [0.25, 0.3) is 0 Å². The van der Waals surface area contributed by atoms with E-state index in [-0.39, 0.29) is 0 Å². The molecule has 1 N–H and O–H groups in total. The highest BCUT2D eigenvalue weighted by Gasteiger charge is 2.16. The van der Waals surface area contributed by atoms with Crippen molar-refractivity contribution < 1.29 is 14.6 Å². The number of rotatable bonds is 4. The molecule has 0 heterocycles. The first-order valence-electron chi connectivity index (χ1n) is 8.63. The summed E-state index contributed by atoms with van der Waals surface area (Å²) in [7, 11) is 1.00. The number of hydrogen-bond donors (Lipinski definition) is 1. The molecular formula is C21H28O3. The molecule has 0 atom stereocenters. The topological polar surface area (TPSA) is 46.5 Å². The normalized spacial score (nSPS) is 13.2. The molecule has 1 saturated carbocycles. The Bertz CT molecular complexity index is 567. The van der Waals surface area contributed by atoms with Crippen molar-refractivity contribution in [3.8, 4) is 11.5 Å². The predicted molar refractivity (Wildman–Crippen MR) is 99.0 cm³/mol. The Morgan fingerprint density at radius 3 is 1.79 bits per heavy atom. The summed E-state index contributed by atoms with van der Waals surface area (Å²) in [6.45, 7) is 4.00. The summed E-state index contributed by atoms with van der Waals surface area (Å²) in [6, 6.07) is 15.5. The molecule has 24 heavy (non-hydrogen) atoms. The van der Waals surface area contributed by atoms with Crippen LogP contribution >= 0.6 is 0 Å². The zero-order valence-electron chi connectivity index (χ0n) is 14.9. The van der Waals surface area contributed by atoms with E-state index in [9.17, 15) is 4.79 Å². The van der Waals surface area contributed by atoms with Gasteiger partial charge < -0.3 is 9.84 Å². The third kappa shape index (κ3) is 5.82. The number of carbonyl (C=O) groups is 1. The van der Waals surface area contributed by atoms with E-state index in [0.717, 1.165) is 30.8 Å². The van der Waals surface area contributed by atoms with Crippen LogP contribution in [0.2, 0.25) is 0 Å². The van der Waals surface area contributed by atoms with Crippen LogP contribution in [-0.2, 0) is 0 Å². The van der Waals surface area contributed by atoms with Gasteiger partial charge in [-0.2, -0.15) is 0 Å². The summed E-state index contributed by atoms with van der Waals surface area (Å²) in [6.07, 6.45) is 6.17. The van der Waals surface area contributed by atoms with Crippen LogP contribution in [0.3, 0.4) is 0 Å². The highest BCUT2D eigenvalue weighted by molar-refractivity contribution is 5.74. The molecule has 0 aliphatic heterocycles. The molecule has 0 unspecified atom stereocenters. The summed E-state index contributed by atoms with van der Waals surface area (Å²) in [5, 5.41) is 7.00. The van der Waals surface area contributed by atoms with Crippen molar-refractivity contribution in [2.24, 2.45) is 0 Å². The maximum absolute atomic E-state index is 10.6. The Morgan fingerprint density at radius 2 is 1.33 bits per heavy atom. The van der Waals surface area contributed by atoms with Gasteiger partial charge in [0.05, 0.1) is 0 Å². The number of aliphatic hydroxyl groups is 1. The fourth-order valence-corrected chi connectivity index (χ4v) is 2.82. The third-order valence-corrected chi connectivity index (χ3v) is 3.96. The number of aldehydes is 1. The molecule has 0 aromatic heterocycles. The molecule has 1 aliphatic rings. The van der Waals surface area contributed by atoms with Crippen LogP contribution in [0.5, 0.6) is 11.5 Å². The summed E-state index contributed by atoms with van der Waals surface area (Å²) in [5.41, 5.74) is 2.08. The summed E-state index contributed by atoms with van der Waals surface area (Å²) < 4.78 is 5.78. The lowest BCUT2D eigenvalue weighted by Crippen LogP contribution is -1.92. The minimum absolute atomic E-state index is 0.661. The Labute approximate surface area is 145 Å². The number of aliphatic hydroxyl groups excluding tert-OH is 1. The van der Waals surface area contributed by atoms with Gasteiger partial charge in [-0.3, -0.25) is 4.79 Å². The van der Waals surface area contributed by atoms with Crippen molar-refractivity contribution in [1.29, 1.82) is 0 Å². The quantitative estimate of drug-likeness (QED) is 0.745. The highest BCUT2D eigenvalue weighted by Crippen LogP contribution is 2.35. The Hall–Kier alpha value is -2.13. The van der Waals surface area contributed by atoms with Crippen molar-refractivity contribution in [3.63, 3.8) is 0 Å².